The van der Waals surface area contributed by atoms with Gasteiger partial charge >= 0.3 is 0 Å². The van der Waals surface area contributed by atoms with Crippen molar-refractivity contribution in [3.8, 4) is 22.4 Å². The summed E-state index contributed by atoms with van der Waals surface area (Å²) in [5.41, 5.74) is 5.37. The first kappa shape index (κ1) is 22.4. The van der Waals surface area contributed by atoms with E-state index in [2.05, 4.69) is 39.2 Å². The minimum Gasteiger partial charge on any atom is -0.277 e. The Hall–Kier alpha value is -3.28. The zero-order valence-corrected chi connectivity index (χ0v) is 18.6. The fourth-order valence-corrected chi connectivity index (χ4v) is 3.56. The monoisotopic (exact) mass is 417 g/mol. The molecular formula is C25H31N5O. The Kier molecular flexibility index (Phi) is 8.10. The van der Waals surface area contributed by atoms with Gasteiger partial charge < -0.3 is 0 Å². The molecule has 3 aromatic heterocycles. The maximum absolute atomic E-state index is 11.2. The fourth-order valence-electron chi connectivity index (χ4n) is 3.56. The second kappa shape index (κ2) is 11.2. The summed E-state index contributed by atoms with van der Waals surface area (Å²) in [7, 11) is 0. The lowest BCUT2D eigenvalue weighted by molar-refractivity contribution is 0.624. The molecule has 0 bridgehead atoms. The van der Waals surface area contributed by atoms with Gasteiger partial charge in [-0.1, -0.05) is 58.4 Å². The predicted octanol–water partition coefficient (Wildman–Crippen LogP) is 6.05. The number of aromatic amines is 2. The number of H-pyrrole nitrogens is 2. The number of hydrogen-bond acceptors (Lipinski definition) is 4. The number of fused-ring (bicyclic) bond motifs is 1. The minimum absolute atomic E-state index is 0.224. The molecule has 0 fully saturated rings. The molecule has 0 spiro atoms. The average molecular weight is 418 g/mol. The van der Waals surface area contributed by atoms with Gasteiger partial charge in [-0.25, -0.2) is 5.10 Å². The van der Waals surface area contributed by atoms with Crippen LogP contribution in [0.5, 0.6) is 0 Å². The molecule has 1 aromatic carbocycles. The van der Waals surface area contributed by atoms with Gasteiger partial charge in [-0.2, -0.15) is 10.2 Å². The van der Waals surface area contributed by atoms with Crippen molar-refractivity contribution in [1.82, 2.24) is 25.4 Å². The van der Waals surface area contributed by atoms with Crippen molar-refractivity contribution in [1.29, 1.82) is 0 Å². The molecule has 0 amide bonds. The van der Waals surface area contributed by atoms with Crippen LogP contribution in [0, 0.1) is 6.92 Å². The molecule has 31 heavy (non-hydrogen) atoms. The molecule has 6 nitrogen and oxygen atoms in total. The van der Waals surface area contributed by atoms with Crippen molar-refractivity contribution >= 4 is 10.9 Å². The van der Waals surface area contributed by atoms with E-state index in [0.717, 1.165) is 33.3 Å². The van der Waals surface area contributed by atoms with Gasteiger partial charge in [0.1, 0.15) is 0 Å². The standard InChI is InChI=1S/C17H13N5O.C8H18/c1-10-8-11(6-7-18-10)12-2-3-13(17-14(12)9-19-22-17)15-4-5-16(23)21-20-15;1-3-5-7-8-6-4-2/h2-9H,1H3,(H,19,22)(H,21,23);3-8H2,1-2H3. The van der Waals surface area contributed by atoms with E-state index in [1.54, 1.807) is 18.5 Å². The minimum atomic E-state index is -0.224. The van der Waals surface area contributed by atoms with Gasteiger partial charge in [0.2, 0.25) is 0 Å². The molecule has 0 saturated carbocycles. The van der Waals surface area contributed by atoms with Crippen LogP contribution >= 0.6 is 0 Å². The molecule has 0 saturated heterocycles. The van der Waals surface area contributed by atoms with Crippen LogP contribution in [0.1, 0.15) is 58.1 Å². The van der Waals surface area contributed by atoms with E-state index in [1.807, 2.05) is 31.2 Å². The normalized spacial score (nSPS) is 10.7. The smallest absolute Gasteiger partial charge is 0.264 e. The Morgan fingerprint density at radius 2 is 1.61 bits per heavy atom. The van der Waals surface area contributed by atoms with Crippen LogP contribution in [-0.2, 0) is 0 Å². The molecular weight excluding hydrogens is 386 g/mol. The number of rotatable bonds is 7. The molecule has 0 unspecified atom stereocenters. The quantitative estimate of drug-likeness (QED) is 0.358. The van der Waals surface area contributed by atoms with Crippen molar-refractivity contribution in [2.75, 3.05) is 0 Å². The summed E-state index contributed by atoms with van der Waals surface area (Å²) in [5.74, 6) is 0. The Balaban J connectivity index is 0.000000293. The summed E-state index contributed by atoms with van der Waals surface area (Å²) in [4.78, 5) is 15.4. The summed E-state index contributed by atoms with van der Waals surface area (Å²) in [6.45, 7) is 6.48. The zero-order chi connectivity index (χ0) is 22.1. The predicted molar refractivity (Wildman–Crippen MR) is 127 cm³/mol. The van der Waals surface area contributed by atoms with E-state index in [0.29, 0.717) is 5.69 Å². The third kappa shape index (κ3) is 5.87. The highest BCUT2D eigenvalue weighted by Gasteiger charge is 2.12. The lowest BCUT2D eigenvalue weighted by Crippen LogP contribution is -2.05. The second-order valence-corrected chi connectivity index (χ2v) is 7.73. The summed E-state index contributed by atoms with van der Waals surface area (Å²) in [5, 5.41) is 14.8. The molecule has 0 atom stereocenters. The van der Waals surface area contributed by atoms with E-state index in [1.165, 1.54) is 44.6 Å². The van der Waals surface area contributed by atoms with Crippen molar-refractivity contribution in [3.05, 3.63) is 64.8 Å². The molecule has 0 aliphatic rings. The first-order chi connectivity index (χ1) is 15.1. The van der Waals surface area contributed by atoms with Gasteiger partial charge in [0.05, 0.1) is 17.4 Å². The third-order valence-electron chi connectivity index (χ3n) is 5.24. The molecule has 4 aromatic rings. The van der Waals surface area contributed by atoms with Crippen LogP contribution in [0.3, 0.4) is 0 Å². The number of pyridine rings is 1. The lowest BCUT2D eigenvalue weighted by atomic mass is 9.98. The summed E-state index contributed by atoms with van der Waals surface area (Å²) >= 11 is 0. The van der Waals surface area contributed by atoms with Crippen molar-refractivity contribution in [3.63, 3.8) is 0 Å². The van der Waals surface area contributed by atoms with E-state index in [-0.39, 0.29) is 5.56 Å². The Morgan fingerprint density at radius 3 is 2.26 bits per heavy atom. The van der Waals surface area contributed by atoms with Gasteiger partial charge in [0.25, 0.3) is 5.56 Å². The van der Waals surface area contributed by atoms with Gasteiger partial charge in [0, 0.05) is 28.9 Å². The highest BCUT2D eigenvalue weighted by atomic mass is 16.1. The SMILES string of the molecule is CCCCCCCC.Cc1cc(-c2ccc(-c3ccc(=O)[nH]n3)c3[nH]ncc23)ccn1. The number of aryl methyl sites for hydroxylation is 1. The van der Waals surface area contributed by atoms with Gasteiger partial charge in [-0.05, 0) is 42.3 Å². The molecule has 3 heterocycles. The number of benzene rings is 1. The Labute approximate surface area is 183 Å². The summed E-state index contributed by atoms with van der Waals surface area (Å²) in [6.07, 6.45) is 12.1. The zero-order valence-electron chi connectivity index (χ0n) is 18.6. The van der Waals surface area contributed by atoms with Crippen LogP contribution in [0.4, 0.5) is 0 Å². The molecule has 0 radical (unpaired) electrons. The number of aromatic nitrogens is 5. The van der Waals surface area contributed by atoms with Gasteiger partial charge in [-0.3, -0.25) is 14.9 Å². The van der Waals surface area contributed by atoms with Gasteiger partial charge in [0.15, 0.2) is 0 Å². The number of unbranched alkanes of at least 4 members (excludes halogenated alkanes) is 5. The first-order valence-electron chi connectivity index (χ1n) is 11.1. The largest absolute Gasteiger partial charge is 0.277 e. The van der Waals surface area contributed by atoms with Crippen LogP contribution in [0.15, 0.2) is 53.6 Å². The van der Waals surface area contributed by atoms with Crippen LogP contribution in [0.2, 0.25) is 0 Å². The van der Waals surface area contributed by atoms with Crippen molar-refractivity contribution in [2.45, 2.75) is 59.3 Å². The molecule has 0 aliphatic heterocycles. The van der Waals surface area contributed by atoms with Gasteiger partial charge in [-0.15, -0.1) is 0 Å². The van der Waals surface area contributed by atoms with E-state index >= 15 is 0 Å². The maximum atomic E-state index is 11.2. The number of hydrogen-bond donors (Lipinski definition) is 2. The maximum Gasteiger partial charge on any atom is 0.264 e. The van der Waals surface area contributed by atoms with Crippen molar-refractivity contribution < 1.29 is 0 Å². The van der Waals surface area contributed by atoms with Crippen LogP contribution in [-0.4, -0.2) is 25.4 Å². The summed E-state index contributed by atoms with van der Waals surface area (Å²) < 4.78 is 0. The topological polar surface area (TPSA) is 87.3 Å². The Morgan fingerprint density at radius 1 is 0.871 bits per heavy atom. The third-order valence-corrected chi connectivity index (χ3v) is 5.24. The molecule has 6 heteroatoms. The highest BCUT2D eigenvalue weighted by molar-refractivity contribution is 6.01. The molecule has 162 valence electrons. The van der Waals surface area contributed by atoms with Crippen molar-refractivity contribution in [2.24, 2.45) is 0 Å². The fraction of sp³-hybridized carbons (Fsp3) is 0.360. The van der Waals surface area contributed by atoms with E-state index < -0.39 is 0 Å². The Bertz CT molecular complexity index is 1140. The van der Waals surface area contributed by atoms with Crippen LogP contribution < -0.4 is 5.56 Å². The average Bonchev–Trinajstić information content (AvgIpc) is 3.27. The highest BCUT2D eigenvalue weighted by Crippen LogP contribution is 2.33. The number of nitrogens with one attached hydrogen (secondary N) is 2. The number of nitrogens with zero attached hydrogens (tertiary/aromatic N) is 3. The van der Waals surface area contributed by atoms with E-state index in [4.69, 9.17) is 0 Å². The van der Waals surface area contributed by atoms with E-state index in [9.17, 15) is 4.79 Å². The summed E-state index contributed by atoms with van der Waals surface area (Å²) in [6, 6.07) is 11.2. The molecule has 2 N–H and O–H groups in total. The second-order valence-electron chi connectivity index (χ2n) is 7.73. The molecule has 0 aliphatic carbocycles. The first-order valence-corrected chi connectivity index (χ1v) is 11.1. The molecule has 4 rings (SSSR count). The van der Waals surface area contributed by atoms with Crippen LogP contribution in [0.25, 0.3) is 33.3 Å². The lowest BCUT2D eigenvalue weighted by Gasteiger charge is -2.07.